The van der Waals surface area contributed by atoms with Gasteiger partial charge in [-0.1, -0.05) is 23.7 Å². The summed E-state index contributed by atoms with van der Waals surface area (Å²) in [5.74, 6) is 0.821. The lowest BCUT2D eigenvalue weighted by Crippen LogP contribution is -2.03. The molecule has 0 radical (unpaired) electrons. The number of nitrogens with zero attached hydrogens (tertiary/aromatic N) is 5. The summed E-state index contributed by atoms with van der Waals surface area (Å²) in [5, 5.41) is 0.662. The Bertz CT molecular complexity index is 712. The molecule has 0 saturated carbocycles. The maximum Gasteiger partial charge on any atom is 0.239 e. The van der Waals surface area contributed by atoms with Crippen LogP contribution in [0.25, 0.3) is 17.3 Å². The van der Waals surface area contributed by atoms with Gasteiger partial charge in [-0.3, -0.25) is 4.57 Å². The zero-order valence-corrected chi connectivity index (χ0v) is 11.0. The Morgan fingerprint density at radius 1 is 1.00 bits per heavy atom. The van der Waals surface area contributed by atoms with E-state index in [2.05, 4.69) is 19.9 Å². The van der Waals surface area contributed by atoms with Gasteiger partial charge in [0.25, 0.3) is 0 Å². The summed E-state index contributed by atoms with van der Waals surface area (Å²) in [6.45, 7) is 0. The van der Waals surface area contributed by atoms with Crippen LogP contribution in [0.3, 0.4) is 0 Å². The standard InChI is InChI=1S/C12H7Cl2N5/c13-9-4-2-1-3-8(9)10-16-11(14)18-12(17-10)19-6-5-15-7-19/h1-7H. The van der Waals surface area contributed by atoms with Gasteiger partial charge < -0.3 is 0 Å². The minimum Gasteiger partial charge on any atom is -0.274 e. The molecule has 0 unspecified atom stereocenters. The number of benzene rings is 1. The van der Waals surface area contributed by atoms with Crippen LogP contribution in [-0.2, 0) is 0 Å². The first-order valence-corrected chi connectivity index (χ1v) is 6.14. The first-order valence-electron chi connectivity index (χ1n) is 5.39. The maximum atomic E-state index is 6.13. The number of halogens is 2. The summed E-state index contributed by atoms with van der Waals surface area (Å²) in [4.78, 5) is 16.4. The molecule has 5 nitrogen and oxygen atoms in total. The van der Waals surface area contributed by atoms with Crippen LogP contribution < -0.4 is 0 Å². The Balaban J connectivity index is 2.16. The van der Waals surface area contributed by atoms with Gasteiger partial charge in [-0.2, -0.15) is 15.0 Å². The highest BCUT2D eigenvalue weighted by atomic mass is 35.5. The highest BCUT2D eigenvalue weighted by molar-refractivity contribution is 6.33. The Morgan fingerprint density at radius 2 is 1.84 bits per heavy atom. The van der Waals surface area contributed by atoms with Crippen LogP contribution in [0.15, 0.2) is 43.0 Å². The Morgan fingerprint density at radius 3 is 2.58 bits per heavy atom. The summed E-state index contributed by atoms with van der Waals surface area (Å²) in [5.41, 5.74) is 0.704. The van der Waals surface area contributed by atoms with E-state index in [-0.39, 0.29) is 5.28 Å². The second-order valence-electron chi connectivity index (χ2n) is 3.68. The Labute approximate surface area is 118 Å². The highest BCUT2D eigenvalue weighted by Gasteiger charge is 2.10. The summed E-state index contributed by atoms with van der Waals surface area (Å²) < 4.78 is 1.65. The van der Waals surface area contributed by atoms with Gasteiger partial charge in [0.05, 0.1) is 5.02 Å². The SMILES string of the molecule is Clc1nc(-c2ccccc2Cl)nc(-n2ccnc2)n1. The Hall–Kier alpha value is -1.98. The molecule has 0 atom stereocenters. The van der Waals surface area contributed by atoms with Crippen molar-refractivity contribution in [3.8, 4) is 17.3 Å². The van der Waals surface area contributed by atoms with E-state index in [9.17, 15) is 0 Å². The maximum absolute atomic E-state index is 6.13. The van der Waals surface area contributed by atoms with E-state index in [0.717, 1.165) is 0 Å². The molecule has 0 spiro atoms. The van der Waals surface area contributed by atoms with Crippen molar-refractivity contribution in [2.75, 3.05) is 0 Å². The second kappa shape index (κ2) is 4.95. The zero-order valence-electron chi connectivity index (χ0n) is 9.53. The first-order chi connectivity index (χ1) is 9.24. The van der Waals surface area contributed by atoms with Crippen molar-refractivity contribution in [2.24, 2.45) is 0 Å². The summed E-state index contributed by atoms with van der Waals surface area (Å²) in [7, 11) is 0. The predicted molar refractivity (Wildman–Crippen MR) is 72.4 cm³/mol. The molecule has 2 heterocycles. The number of hydrogen-bond donors (Lipinski definition) is 0. The van der Waals surface area contributed by atoms with E-state index in [1.807, 2.05) is 18.2 Å². The molecular weight excluding hydrogens is 285 g/mol. The van der Waals surface area contributed by atoms with Crippen molar-refractivity contribution in [3.63, 3.8) is 0 Å². The number of hydrogen-bond acceptors (Lipinski definition) is 4. The monoisotopic (exact) mass is 291 g/mol. The molecule has 0 aliphatic rings. The highest BCUT2D eigenvalue weighted by Crippen LogP contribution is 2.25. The first kappa shape index (κ1) is 12.1. The van der Waals surface area contributed by atoms with Crippen LogP contribution in [0.2, 0.25) is 10.3 Å². The molecule has 0 N–H and O–H groups in total. The molecule has 0 bridgehead atoms. The van der Waals surface area contributed by atoms with E-state index in [4.69, 9.17) is 23.2 Å². The summed E-state index contributed by atoms with van der Waals surface area (Å²) >= 11 is 12.1. The smallest absolute Gasteiger partial charge is 0.239 e. The van der Waals surface area contributed by atoms with Crippen molar-refractivity contribution in [1.29, 1.82) is 0 Å². The number of imidazole rings is 1. The average molecular weight is 292 g/mol. The third-order valence-electron chi connectivity index (χ3n) is 2.45. The predicted octanol–water partition coefficient (Wildman–Crippen LogP) is 3.03. The topological polar surface area (TPSA) is 56.5 Å². The summed E-state index contributed by atoms with van der Waals surface area (Å²) in [6.07, 6.45) is 4.94. The van der Waals surface area contributed by atoms with E-state index in [0.29, 0.717) is 22.4 Å². The van der Waals surface area contributed by atoms with E-state index in [1.54, 1.807) is 29.4 Å². The fourth-order valence-electron chi connectivity index (χ4n) is 1.60. The second-order valence-corrected chi connectivity index (χ2v) is 4.42. The van der Waals surface area contributed by atoms with Gasteiger partial charge in [-0.25, -0.2) is 4.98 Å². The van der Waals surface area contributed by atoms with E-state index < -0.39 is 0 Å². The van der Waals surface area contributed by atoms with Crippen molar-refractivity contribution < 1.29 is 0 Å². The van der Waals surface area contributed by atoms with Crippen molar-refractivity contribution in [3.05, 3.63) is 53.3 Å². The number of rotatable bonds is 2. The molecule has 0 saturated heterocycles. The fourth-order valence-corrected chi connectivity index (χ4v) is 1.97. The molecule has 2 aromatic heterocycles. The molecule has 0 amide bonds. The van der Waals surface area contributed by atoms with Crippen molar-refractivity contribution in [1.82, 2.24) is 24.5 Å². The normalized spacial score (nSPS) is 10.6. The number of aromatic nitrogens is 5. The molecule has 3 aromatic rings. The molecule has 0 aliphatic heterocycles. The van der Waals surface area contributed by atoms with Gasteiger partial charge in [0, 0.05) is 18.0 Å². The largest absolute Gasteiger partial charge is 0.274 e. The molecule has 7 heteroatoms. The minimum absolute atomic E-state index is 0.105. The van der Waals surface area contributed by atoms with Gasteiger partial charge in [0.15, 0.2) is 5.82 Å². The Kier molecular flexibility index (Phi) is 3.15. The van der Waals surface area contributed by atoms with Crippen LogP contribution in [0, 0.1) is 0 Å². The van der Waals surface area contributed by atoms with Crippen LogP contribution in [0.1, 0.15) is 0 Å². The lowest BCUT2D eigenvalue weighted by atomic mass is 10.2. The average Bonchev–Trinajstić information content (AvgIpc) is 2.92. The van der Waals surface area contributed by atoms with Gasteiger partial charge in [-0.05, 0) is 23.7 Å². The van der Waals surface area contributed by atoms with Crippen molar-refractivity contribution >= 4 is 23.2 Å². The minimum atomic E-state index is 0.105. The van der Waals surface area contributed by atoms with Gasteiger partial charge in [0.1, 0.15) is 6.33 Å². The molecule has 94 valence electrons. The molecule has 1 aromatic carbocycles. The van der Waals surface area contributed by atoms with E-state index in [1.165, 1.54) is 0 Å². The van der Waals surface area contributed by atoms with E-state index >= 15 is 0 Å². The fraction of sp³-hybridized carbons (Fsp3) is 0. The van der Waals surface area contributed by atoms with Crippen LogP contribution in [0.4, 0.5) is 0 Å². The third-order valence-corrected chi connectivity index (χ3v) is 2.95. The zero-order chi connectivity index (χ0) is 13.2. The summed E-state index contributed by atoms with van der Waals surface area (Å²) in [6, 6.07) is 7.29. The quantitative estimate of drug-likeness (QED) is 0.728. The molecular formula is C12H7Cl2N5. The van der Waals surface area contributed by atoms with Crippen LogP contribution in [-0.4, -0.2) is 24.5 Å². The molecule has 3 rings (SSSR count). The lowest BCUT2D eigenvalue weighted by Gasteiger charge is -2.05. The molecule has 19 heavy (non-hydrogen) atoms. The van der Waals surface area contributed by atoms with Gasteiger partial charge >= 0.3 is 0 Å². The molecule has 0 aliphatic carbocycles. The third kappa shape index (κ3) is 2.43. The van der Waals surface area contributed by atoms with Crippen LogP contribution >= 0.6 is 23.2 Å². The van der Waals surface area contributed by atoms with Crippen molar-refractivity contribution in [2.45, 2.75) is 0 Å². The molecule has 0 fully saturated rings. The lowest BCUT2D eigenvalue weighted by molar-refractivity contribution is 0.899. The van der Waals surface area contributed by atoms with Crippen LogP contribution in [0.5, 0.6) is 0 Å². The van der Waals surface area contributed by atoms with Gasteiger partial charge in [0.2, 0.25) is 11.2 Å². The van der Waals surface area contributed by atoms with Gasteiger partial charge in [-0.15, -0.1) is 0 Å².